The molecule has 2 aromatic heterocycles. The van der Waals surface area contributed by atoms with Crippen molar-refractivity contribution in [3.8, 4) is 11.1 Å². The highest BCUT2D eigenvalue weighted by Crippen LogP contribution is 2.56. The molecule has 2 saturated heterocycles. The van der Waals surface area contributed by atoms with Crippen LogP contribution in [-0.4, -0.2) is 79.9 Å². The van der Waals surface area contributed by atoms with Gasteiger partial charge in [0.25, 0.3) is 0 Å². The van der Waals surface area contributed by atoms with Gasteiger partial charge in [0.15, 0.2) is 5.82 Å². The van der Waals surface area contributed by atoms with Crippen molar-refractivity contribution in [3.63, 3.8) is 0 Å². The van der Waals surface area contributed by atoms with Crippen LogP contribution in [0, 0.1) is 25.2 Å². The van der Waals surface area contributed by atoms with E-state index in [1.807, 2.05) is 29.0 Å². The molecule has 2 saturated carbocycles. The topological polar surface area (TPSA) is 90.4 Å². The highest BCUT2D eigenvalue weighted by atomic mass is 35.5. The molecule has 0 radical (unpaired) electrons. The molecule has 2 aliphatic carbocycles. The third-order valence-electron chi connectivity index (χ3n) is 9.86. The van der Waals surface area contributed by atoms with Crippen LogP contribution in [-0.2, 0) is 9.59 Å². The summed E-state index contributed by atoms with van der Waals surface area (Å²) in [6.07, 6.45) is 7.27. The number of anilines is 1. The van der Waals surface area contributed by atoms with Gasteiger partial charge in [-0.15, -0.1) is 0 Å². The van der Waals surface area contributed by atoms with Crippen LogP contribution in [0.1, 0.15) is 56.8 Å². The van der Waals surface area contributed by atoms with Gasteiger partial charge in [0.05, 0.1) is 28.3 Å². The largest absolute Gasteiger partial charge is 0.346 e. The number of amides is 2. The second-order valence-corrected chi connectivity index (χ2v) is 13.8. The summed E-state index contributed by atoms with van der Waals surface area (Å²) >= 11 is 7.10. The number of H-pyrrole nitrogens is 1. The van der Waals surface area contributed by atoms with Gasteiger partial charge in [0, 0.05) is 66.3 Å². The minimum Gasteiger partial charge on any atom is -0.346 e. The summed E-state index contributed by atoms with van der Waals surface area (Å²) in [5.41, 5.74) is 4.88. The molecule has 4 heterocycles. The molecule has 10 heteroatoms. The third kappa shape index (κ3) is 4.10. The van der Waals surface area contributed by atoms with Gasteiger partial charge in [-0.3, -0.25) is 19.4 Å². The molecule has 0 bridgehead atoms. The lowest BCUT2D eigenvalue weighted by Gasteiger charge is -2.58. The first kappa shape index (κ1) is 26.6. The zero-order valence-electron chi connectivity index (χ0n) is 24.3. The minimum absolute atomic E-state index is 0.0127. The number of carbonyl (C=O) groups is 2. The van der Waals surface area contributed by atoms with Gasteiger partial charge in [0.2, 0.25) is 11.8 Å². The fourth-order valence-corrected chi connectivity index (χ4v) is 7.78. The number of hydrogen-bond donors (Lipinski definition) is 1. The Morgan fingerprint density at radius 3 is 2.49 bits per heavy atom. The number of aryl methyl sites for hydroxylation is 1. The van der Waals surface area contributed by atoms with Gasteiger partial charge in [0.1, 0.15) is 0 Å². The van der Waals surface area contributed by atoms with E-state index >= 15 is 0 Å². The van der Waals surface area contributed by atoms with E-state index in [4.69, 9.17) is 16.7 Å². The molecule has 0 unspecified atom stereocenters. The van der Waals surface area contributed by atoms with Gasteiger partial charge in [-0.1, -0.05) is 18.2 Å². The van der Waals surface area contributed by atoms with Crippen molar-refractivity contribution >= 4 is 40.1 Å². The molecule has 41 heavy (non-hydrogen) atoms. The van der Waals surface area contributed by atoms with Crippen LogP contribution >= 0.6 is 11.6 Å². The van der Waals surface area contributed by atoms with E-state index in [-0.39, 0.29) is 28.8 Å². The lowest BCUT2D eigenvalue weighted by molar-refractivity contribution is -0.149. The van der Waals surface area contributed by atoms with Gasteiger partial charge in [-0.05, 0) is 71.1 Å². The summed E-state index contributed by atoms with van der Waals surface area (Å²) in [6.45, 7) is 15.9. The Kier molecular flexibility index (Phi) is 5.88. The van der Waals surface area contributed by atoms with Crippen LogP contribution in [0.5, 0.6) is 0 Å². The summed E-state index contributed by atoms with van der Waals surface area (Å²) in [5.74, 6) is 1.44. The fourth-order valence-electron chi connectivity index (χ4n) is 7.53. The van der Waals surface area contributed by atoms with Crippen LogP contribution in [0.3, 0.4) is 0 Å². The normalized spacial score (nSPS) is 21.7. The second-order valence-electron chi connectivity index (χ2n) is 13.4. The molecule has 1 aromatic carbocycles. The lowest BCUT2D eigenvalue weighted by Crippen LogP contribution is -2.63. The maximum absolute atomic E-state index is 13.0. The van der Waals surface area contributed by atoms with Crippen molar-refractivity contribution in [3.05, 3.63) is 41.2 Å². The monoisotopic (exact) mass is 575 g/mol. The first-order valence-corrected chi connectivity index (χ1v) is 15.1. The zero-order chi connectivity index (χ0) is 28.8. The molecule has 1 N–H and O–H groups in total. The number of aromatic amines is 1. The average Bonchev–Trinajstić information content (AvgIpc) is 3.56. The molecule has 2 amide bonds. The van der Waals surface area contributed by atoms with E-state index in [9.17, 15) is 9.59 Å². The van der Waals surface area contributed by atoms with Gasteiger partial charge in [-0.2, -0.15) is 10.2 Å². The summed E-state index contributed by atoms with van der Waals surface area (Å²) in [7, 11) is 0. The Morgan fingerprint density at radius 2 is 1.83 bits per heavy atom. The van der Waals surface area contributed by atoms with E-state index < -0.39 is 0 Å². The maximum Gasteiger partial charge on any atom is 0.245 e. The molecule has 3 aromatic rings. The van der Waals surface area contributed by atoms with E-state index in [1.54, 1.807) is 0 Å². The van der Waals surface area contributed by atoms with E-state index in [0.717, 1.165) is 77.9 Å². The number of halogens is 1. The van der Waals surface area contributed by atoms with Crippen molar-refractivity contribution in [2.24, 2.45) is 11.3 Å². The summed E-state index contributed by atoms with van der Waals surface area (Å²) in [4.78, 5) is 31.4. The lowest BCUT2D eigenvalue weighted by atomic mass is 9.60. The molecular weight excluding hydrogens is 538 g/mol. The first-order valence-electron chi connectivity index (χ1n) is 14.7. The SMILES string of the molecule is C=CC(=O)N1CC2(CC(n3nc(N4CCN(C(=O)C5CC5)CC4(C)C)c(-c4c(Cl)c(C)cc5[nH]ncc45)c3C)C2)C1. The number of benzene rings is 1. The van der Waals surface area contributed by atoms with Gasteiger partial charge in [-0.25, -0.2) is 0 Å². The standard InChI is InChI=1S/C31H38ClN7O2/c1-6-24(40)37-16-31(17-37)12-21(13-31)39-19(3)25(26-22-14-33-34-23(22)11-18(2)27(26)32)28(35-39)38-10-9-36(15-30(38,4)5)29(41)20-7-8-20/h6,11,14,20-21H,1,7-10,12-13,15-17H2,2-5H3,(H,33,34). The number of likely N-dealkylation sites (tertiary alicyclic amines) is 1. The Hall–Kier alpha value is -3.33. The Morgan fingerprint density at radius 1 is 1.10 bits per heavy atom. The number of aromatic nitrogens is 4. The van der Waals surface area contributed by atoms with Crippen LogP contribution in [0.25, 0.3) is 22.0 Å². The number of carbonyl (C=O) groups excluding carboxylic acids is 2. The van der Waals surface area contributed by atoms with Crippen molar-refractivity contribution in [2.75, 3.05) is 37.6 Å². The summed E-state index contributed by atoms with van der Waals surface area (Å²) in [6, 6.07) is 2.30. The Balaban J connectivity index is 1.28. The predicted octanol–water partition coefficient (Wildman–Crippen LogP) is 4.88. The molecule has 9 nitrogen and oxygen atoms in total. The number of rotatable bonds is 5. The van der Waals surface area contributed by atoms with E-state index in [2.05, 4.69) is 47.1 Å². The van der Waals surface area contributed by atoms with Crippen LogP contribution in [0.15, 0.2) is 24.9 Å². The smallest absolute Gasteiger partial charge is 0.245 e. The quantitative estimate of drug-likeness (QED) is 0.438. The number of fused-ring (bicyclic) bond motifs is 1. The van der Waals surface area contributed by atoms with E-state index in [0.29, 0.717) is 30.6 Å². The molecule has 7 rings (SSSR count). The molecule has 4 aliphatic rings. The zero-order valence-corrected chi connectivity index (χ0v) is 25.1. The Bertz CT molecular complexity index is 1590. The third-order valence-corrected chi connectivity index (χ3v) is 10.4. The molecule has 4 fully saturated rings. The molecule has 1 spiro atoms. The molecular formula is C31H38ClN7O2. The maximum atomic E-state index is 13.0. The van der Waals surface area contributed by atoms with Crippen molar-refractivity contribution in [1.82, 2.24) is 29.8 Å². The van der Waals surface area contributed by atoms with Gasteiger partial charge >= 0.3 is 0 Å². The summed E-state index contributed by atoms with van der Waals surface area (Å²) < 4.78 is 2.20. The number of nitrogens with zero attached hydrogens (tertiary/aromatic N) is 6. The summed E-state index contributed by atoms with van der Waals surface area (Å²) in [5, 5.41) is 14.5. The minimum atomic E-state index is -0.310. The fraction of sp³-hybridized carbons (Fsp3) is 0.548. The average molecular weight is 576 g/mol. The van der Waals surface area contributed by atoms with Crippen LogP contribution < -0.4 is 4.90 Å². The predicted molar refractivity (Wildman–Crippen MR) is 160 cm³/mol. The van der Waals surface area contributed by atoms with Crippen molar-refractivity contribution < 1.29 is 9.59 Å². The van der Waals surface area contributed by atoms with Crippen LogP contribution in [0.2, 0.25) is 5.02 Å². The second kappa shape index (κ2) is 9.08. The van der Waals surface area contributed by atoms with E-state index in [1.165, 1.54) is 6.08 Å². The van der Waals surface area contributed by atoms with Crippen LogP contribution in [0.4, 0.5) is 5.82 Å². The number of hydrogen-bond acceptors (Lipinski definition) is 5. The molecule has 0 atom stereocenters. The number of piperazine rings is 1. The number of nitrogens with one attached hydrogen (secondary N) is 1. The highest BCUT2D eigenvalue weighted by Gasteiger charge is 2.55. The first-order chi connectivity index (χ1) is 19.5. The molecule has 216 valence electrons. The highest BCUT2D eigenvalue weighted by molar-refractivity contribution is 6.36. The van der Waals surface area contributed by atoms with Crippen molar-refractivity contribution in [2.45, 2.75) is 65.0 Å². The Labute approximate surface area is 245 Å². The van der Waals surface area contributed by atoms with Crippen molar-refractivity contribution in [1.29, 1.82) is 0 Å². The van der Waals surface area contributed by atoms with Gasteiger partial charge < -0.3 is 14.7 Å². The molecule has 2 aliphatic heterocycles.